The first-order chi connectivity index (χ1) is 8.56. The third kappa shape index (κ3) is 3.86. The quantitative estimate of drug-likeness (QED) is 0.814. The van der Waals surface area contributed by atoms with E-state index in [0.29, 0.717) is 23.6 Å². The number of carbonyl (C=O) groups is 1. The van der Waals surface area contributed by atoms with Gasteiger partial charge in [-0.05, 0) is 12.0 Å². The maximum atomic E-state index is 12.2. The van der Waals surface area contributed by atoms with Gasteiger partial charge >= 0.3 is 0 Å². The van der Waals surface area contributed by atoms with E-state index in [1.807, 2.05) is 0 Å². The van der Waals surface area contributed by atoms with Crippen LogP contribution in [0.2, 0.25) is 0 Å². The SMILES string of the molecule is CC(C)CN(C)C(=O)c1ccncc1C#CCO. The molecule has 1 aromatic heterocycles. The predicted molar refractivity (Wildman–Crippen MR) is 70.0 cm³/mol. The fourth-order valence-electron chi connectivity index (χ4n) is 1.65. The van der Waals surface area contributed by atoms with Crippen molar-refractivity contribution in [3.05, 3.63) is 29.6 Å². The molecule has 0 saturated carbocycles. The summed E-state index contributed by atoms with van der Waals surface area (Å²) in [5.74, 6) is 5.61. The average Bonchev–Trinajstić information content (AvgIpc) is 2.35. The van der Waals surface area contributed by atoms with Crippen molar-refractivity contribution >= 4 is 5.91 Å². The summed E-state index contributed by atoms with van der Waals surface area (Å²) in [6, 6.07) is 1.65. The summed E-state index contributed by atoms with van der Waals surface area (Å²) < 4.78 is 0. The van der Waals surface area contributed by atoms with Gasteiger partial charge < -0.3 is 10.0 Å². The molecule has 0 aliphatic carbocycles. The van der Waals surface area contributed by atoms with Gasteiger partial charge in [0.05, 0.1) is 11.1 Å². The molecule has 0 aromatic carbocycles. The van der Waals surface area contributed by atoms with Gasteiger partial charge in [0.25, 0.3) is 5.91 Å². The lowest BCUT2D eigenvalue weighted by Gasteiger charge is -2.19. The summed E-state index contributed by atoms with van der Waals surface area (Å²) in [5, 5.41) is 8.70. The van der Waals surface area contributed by atoms with Gasteiger partial charge in [-0.3, -0.25) is 9.78 Å². The van der Waals surface area contributed by atoms with Crippen molar-refractivity contribution in [2.24, 2.45) is 5.92 Å². The first kappa shape index (κ1) is 14.2. The first-order valence-corrected chi connectivity index (χ1v) is 5.85. The van der Waals surface area contributed by atoms with Gasteiger partial charge in [0.2, 0.25) is 0 Å². The number of rotatable bonds is 3. The van der Waals surface area contributed by atoms with Crippen molar-refractivity contribution in [3.63, 3.8) is 0 Å². The number of carbonyl (C=O) groups excluding carboxylic acids is 1. The number of hydrogen-bond donors (Lipinski definition) is 1. The number of aliphatic hydroxyl groups is 1. The highest BCUT2D eigenvalue weighted by atomic mass is 16.2. The molecular weight excluding hydrogens is 228 g/mol. The minimum Gasteiger partial charge on any atom is -0.384 e. The van der Waals surface area contributed by atoms with Crippen LogP contribution < -0.4 is 0 Å². The van der Waals surface area contributed by atoms with E-state index < -0.39 is 0 Å². The van der Waals surface area contributed by atoms with Gasteiger partial charge in [0.15, 0.2) is 0 Å². The van der Waals surface area contributed by atoms with Crippen LogP contribution in [0.25, 0.3) is 0 Å². The maximum absolute atomic E-state index is 12.2. The second-order valence-corrected chi connectivity index (χ2v) is 4.46. The second-order valence-electron chi connectivity index (χ2n) is 4.46. The normalized spacial score (nSPS) is 9.83. The van der Waals surface area contributed by atoms with Gasteiger partial charge in [0.1, 0.15) is 6.61 Å². The zero-order chi connectivity index (χ0) is 13.5. The maximum Gasteiger partial charge on any atom is 0.254 e. The van der Waals surface area contributed by atoms with Gasteiger partial charge in [0, 0.05) is 26.0 Å². The fourth-order valence-corrected chi connectivity index (χ4v) is 1.65. The minimum atomic E-state index is -0.232. The molecule has 0 bridgehead atoms. The molecule has 0 aliphatic heterocycles. The smallest absolute Gasteiger partial charge is 0.254 e. The van der Waals surface area contributed by atoms with E-state index in [4.69, 9.17) is 5.11 Å². The molecule has 4 heteroatoms. The second kappa shape index (κ2) is 6.77. The molecule has 0 unspecified atom stereocenters. The Kier molecular flexibility index (Phi) is 5.34. The Morgan fingerprint density at radius 1 is 1.56 bits per heavy atom. The van der Waals surface area contributed by atoms with Crippen LogP contribution in [0.5, 0.6) is 0 Å². The van der Waals surface area contributed by atoms with Crippen LogP contribution in [0.3, 0.4) is 0 Å². The van der Waals surface area contributed by atoms with Crippen molar-refractivity contribution in [2.45, 2.75) is 13.8 Å². The van der Waals surface area contributed by atoms with Gasteiger partial charge in [-0.25, -0.2) is 0 Å². The lowest BCUT2D eigenvalue weighted by Crippen LogP contribution is -2.30. The summed E-state index contributed by atoms with van der Waals surface area (Å²) in [6.07, 6.45) is 3.11. The average molecular weight is 246 g/mol. The third-order valence-electron chi connectivity index (χ3n) is 2.34. The molecule has 0 atom stereocenters. The van der Waals surface area contributed by atoms with E-state index in [2.05, 4.69) is 30.7 Å². The van der Waals surface area contributed by atoms with E-state index >= 15 is 0 Å². The molecule has 18 heavy (non-hydrogen) atoms. The highest BCUT2D eigenvalue weighted by molar-refractivity contribution is 5.96. The number of pyridine rings is 1. The molecule has 0 fully saturated rings. The largest absolute Gasteiger partial charge is 0.384 e. The molecule has 0 saturated heterocycles. The molecule has 0 spiro atoms. The number of nitrogens with zero attached hydrogens (tertiary/aromatic N) is 2. The topological polar surface area (TPSA) is 53.4 Å². The number of aromatic nitrogens is 1. The summed E-state index contributed by atoms with van der Waals surface area (Å²) in [7, 11) is 1.77. The van der Waals surface area contributed by atoms with E-state index in [1.54, 1.807) is 30.4 Å². The molecule has 1 amide bonds. The summed E-state index contributed by atoms with van der Waals surface area (Å²) in [5.41, 5.74) is 1.07. The Morgan fingerprint density at radius 3 is 2.89 bits per heavy atom. The van der Waals surface area contributed by atoms with Gasteiger partial charge in [-0.15, -0.1) is 0 Å². The lowest BCUT2D eigenvalue weighted by atomic mass is 10.1. The summed E-state index contributed by atoms with van der Waals surface area (Å²) in [6.45, 7) is 4.57. The van der Waals surface area contributed by atoms with Gasteiger partial charge in [-0.1, -0.05) is 25.7 Å². The predicted octanol–water partition coefficient (Wildman–Crippen LogP) is 1.15. The van der Waals surface area contributed by atoms with E-state index in [1.165, 1.54) is 0 Å². The van der Waals surface area contributed by atoms with Gasteiger partial charge in [-0.2, -0.15) is 0 Å². The monoisotopic (exact) mass is 246 g/mol. The van der Waals surface area contributed by atoms with E-state index in [-0.39, 0.29) is 12.5 Å². The molecule has 1 rings (SSSR count). The first-order valence-electron chi connectivity index (χ1n) is 5.85. The highest BCUT2D eigenvalue weighted by Gasteiger charge is 2.15. The number of amides is 1. The lowest BCUT2D eigenvalue weighted by molar-refractivity contribution is 0.0779. The Balaban J connectivity index is 2.98. The Bertz CT molecular complexity index is 472. The van der Waals surface area contributed by atoms with Crippen LogP contribution >= 0.6 is 0 Å². The van der Waals surface area contributed by atoms with Crippen LogP contribution in [-0.2, 0) is 0 Å². The third-order valence-corrected chi connectivity index (χ3v) is 2.34. The minimum absolute atomic E-state index is 0.0756. The van der Waals surface area contributed by atoms with Crippen molar-refractivity contribution < 1.29 is 9.90 Å². The van der Waals surface area contributed by atoms with Crippen LogP contribution in [0.4, 0.5) is 0 Å². The molecular formula is C14H18N2O2. The van der Waals surface area contributed by atoms with Crippen LogP contribution in [0.1, 0.15) is 29.8 Å². The van der Waals surface area contributed by atoms with Crippen molar-refractivity contribution in [1.82, 2.24) is 9.88 Å². The van der Waals surface area contributed by atoms with Crippen molar-refractivity contribution in [1.29, 1.82) is 0 Å². The molecule has 0 radical (unpaired) electrons. The van der Waals surface area contributed by atoms with Crippen LogP contribution in [0, 0.1) is 17.8 Å². The fraction of sp³-hybridized carbons (Fsp3) is 0.429. The van der Waals surface area contributed by atoms with Crippen molar-refractivity contribution in [3.8, 4) is 11.8 Å². The summed E-state index contributed by atoms with van der Waals surface area (Å²) in [4.78, 5) is 17.8. The zero-order valence-corrected chi connectivity index (χ0v) is 11.0. The molecule has 1 heterocycles. The highest BCUT2D eigenvalue weighted by Crippen LogP contribution is 2.10. The Morgan fingerprint density at radius 2 is 2.28 bits per heavy atom. The zero-order valence-electron chi connectivity index (χ0n) is 11.0. The van der Waals surface area contributed by atoms with E-state index in [0.717, 1.165) is 0 Å². The van der Waals surface area contributed by atoms with Crippen molar-refractivity contribution in [2.75, 3.05) is 20.2 Å². The number of aliphatic hydroxyl groups excluding tert-OH is 1. The molecule has 1 N–H and O–H groups in total. The molecule has 4 nitrogen and oxygen atoms in total. The Labute approximate surface area is 108 Å². The standard InChI is InChI=1S/C14H18N2O2/c1-11(2)10-16(3)14(18)13-6-7-15-9-12(13)5-4-8-17/h6-7,9,11,17H,8,10H2,1-3H3. The van der Waals surface area contributed by atoms with Crippen LogP contribution in [-0.4, -0.2) is 41.1 Å². The number of hydrogen-bond acceptors (Lipinski definition) is 3. The van der Waals surface area contributed by atoms with E-state index in [9.17, 15) is 4.79 Å². The Hall–Kier alpha value is -1.86. The van der Waals surface area contributed by atoms with Crippen LogP contribution in [0.15, 0.2) is 18.5 Å². The molecule has 96 valence electrons. The summed E-state index contributed by atoms with van der Waals surface area (Å²) >= 11 is 0. The molecule has 1 aromatic rings. The molecule has 0 aliphatic rings.